The molecule has 0 aliphatic carbocycles. The van der Waals surface area contributed by atoms with E-state index in [1.165, 1.54) is 44.5 Å². The standard InChI is InChI=1S/C58H42N2/c1-5-21-43(22-6-1)51-29-13-17-33-55(51)59(56-34-18-14-30-52(56)44-23-7-2-8-24-44)49-39-37-48-42-50(40-38-47(48)41-49)60(57-35-19-15-31-53(57)45-25-9-3-10-26-45)58-36-20-16-32-54(58)46-27-11-4-12-28-46/h1-42H. The van der Waals surface area contributed by atoms with Gasteiger partial charge < -0.3 is 9.80 Å². The van der Waals surface area contributed by atoms with Crippen LogP contribution in [-0.2, 0) is 0 Å². The van der Waals surface area contributed by atoms with Gasteiger partial charge in [-0.05, 0) is 81.6 Å². The van der Waals surface area contributed by atoms with Crippen LogP contribution in [0.25, 0.3) is 55.3 Å². The first-order valence-electron chi connectivity index (χ1n) is 20.5. The maximum atomic E-state index is 2.43. The highest BCUT2D eigenvalue weighted by Gasteiger charge is 2.23. The summed E-state index contributed by atoms with van der Waals surface area (Å²) < 4.78 is 0. The molecule has 284 valence electrons. The molecular weight excluding hydrogens is 725 g/mol. The zero-order valence-electron chi connectivity index (χ0n) is 33.1. The third-order valence-corrected chi connectivity index (χ3v) is 11.2. The third kappa shape index (κ3) is 7.12. The van der Waals surface area contributed by atoms with E-state index in [1.54, 1.807) is 0 Å². The van der Waals surface area contributed by atoms with Gasteiger partial charge in [-0.1, -0.05) is 206 Å². The predicted molar refractivity (Wildman–Crippen MR) is 255 cm³/mol. The molecule has 0 N–H and O–H groups in total. The molecule has 0 radical (unpaired) electrons. The minimum absolute atomic E-state index is 1.09. The lowest BCUT2D eigenvalue weighted by Gasteiger charge is -2.31. The SMILES string of the molecule is c1ccc(-c2ccccc2N(c2ccc3cc(N(c4ccccc4-c4ccccc4)c4ccccc4-c4ccccc4)ccc3c2)c2ccccc2-c2ccccc2)cc1. The lowest BCUT2D eigenvalue weighted by Crippen LogP contribution is -2.13. The van der Waals surface area contributed by atoms with Gasteiger partial charge in [-0.3, -0.25) is 0 Å². The van der Waals surface area contributed by atoms with E-state index in [1.807, 2.05) is 0 Å². The smallest absolute Gasteiger partial charge is 0.0540 e. The summed E-state index contributed by atoms with van der Waals surface area (Å²) in [7, 11) is 0. The summed E-state index contributed by atoms with van der Waals surface area (Å²) in [4.78, 5) is 4.85. The van der Waals surface area contributed by atoms with E-state index >= 15 is 0 Å². The Labute approximate surface area is 352 Å². The van der Waals surface area contributed by atoms with Gasteiger partial charge >= 0.3 is 0 Å². The number of nitrogens with zero attached hydrogens (tertiary/aromatic N) is 2. The monoisotopic (exact) mass is 766 g/mol. The molecule has 0 aliphatic rings. The zero-order valence-corrected chi connectivity index (χ0v) is 33.1. The molecule has 0 saturated heterocycles. The van der Waals surface area contributed by atoms with Gasteiger partial charge in [0, 0.05) is 33.6 Å². The molecule has 0 unspecified atom stereocenters. The number of rotatable bonds is 10. The van der Waals surface area contributed by atoms with Gasteiger partial charge in [-0.2, -0.15) is 0 Å². The van der Waals surface area contributed by atoms with Crippen molar-refractivity contribution in [2.45, 2.75) is 0 Å². The van der Waals surface area contributed by atoms with Gasteiger partial charge in [0.05, 0.1) is 22.7 Å². The molecule has 0 atom stereocenters. The van der Waals surface area contributed by atoms with Crippen LogP contribution in [0.2, 0.25) is 0 Å². The minimum Gasteiger partial charge on any atom is -0.309 e. The number of hydrogen-bond donors (Lipinski definition) is 0. The normalized spacial score (nSPS) is 11.0. The van der Waals surface area contributed by atoms with Crippen LogP contribution in [0.15, 0.2) is 255 Å². The third-order valence-electron chi connectivity index (χ3n) is 11.2. The number of para-hydroxylation sites is 4. The van der Waals surface area contributed by atoms with E-state index in [2.05, 4.69) is 265 Å². The summed E-state index contributed by atoms with van der Waals surface area (Å²) in [5.41, 5.74) is 16.0. The Bertz CT molecular complexity index is 2660. The minimum atomic E-state index is 1.09. The Hall–Kier alpha value is -7.94. The molecule has 10 aromatic carbocycles. The largest absolute Gasteiger partial charge is 0.309 e. The molecule has 0 bridgehead atoms. The second-order valence-electron chi connectivity index (χ2n) is 14.9. The maximum absolute atomic E-state index is 2.43. The summed E-state index contributed by atoms with van der Waals surface area (Å²) in [5.74, 6) is 0. The van der Waals surface area contributed by atoms with Crippen molar-refractivity contribution in [3.05, 3.63) is 255 Å². The molecule has 0 aliphatic heterocycles. The second kappa shape index (κ2) is 16.5. The van der Waals surface area contributed by atoms with Gasteiger partial charge in [-0.15, -0.1) is 0 Å². The lowest BCUT2D eigenvalue weighted by atomic mass is 9.97. The Morgan fingerprint density at radius 3 is 0.700 bits per heavy atom. The molecule has 10 rings (SSSR count). The van der Waals surface area contributed by atoms with Crippen molar-refractivity contribution in [3.63, 3.8) is 0 Å². The molecule has 0 spiro atoms. The lowest BCUT2D eigenvalue weighted by molar-refractivity contribution is 1.28. The zero-order chi connectivity index (χ0) is 40.1. The van der Waals surface area contributed by atoms with Crippen LogP contribution in [0, 0.1) is 0 Å². The van der Waals surface area contributed by atoms with Gasteiger partial charge in [0.2, 0.25) is 0 Å². The van der Waals surface area contributed by atoms with Crippen LogP contribution in [0.4, 0.5) is 34.1 Å². The van der Waals surface area contributed by atoms with E-state index in [-0.39, 0.29) is 0 Å². The topological polar surface area (TPSA) is 6.48 Å². The van der Waals surface area contributed by atoms with Gasteiger partial charge in [0.1, 0.15) is 0 Å². The number of anilines is 6. The molecule has 0 saturated carbocycles. The number of hydrogen-bond acceptors (Lipinski definition) is 2. The van der Waals surface area contributed by atoms with Crippen LogP contribution in [0.3, 0.4) is 0 Å². The van der Waals surface area contributed by atoms with Crippen molar-refractivity contribution in [3.8, 4) is 44.5 Å². The van der Waals surface area contributed by atoms with Crippen LogP contribution in [-0.4, -0.2) is 0 Å². The fourth-order valence-electron chi connectivity index (χ4n) is 8.44. The summed E-state index contributed by atoms with van der Waals surface area (Å²) in [6.07, 6.45) is 0. The maximum Gasteiger partial charge on any atom is 0.0540 e. The summed E-state index contributed by atoms with van der Waals surface area (Å²) >= 11 is 0. The molecular formula is C58H42N2. The second-order valence-corrected chi connectivity index (χ2v) is 14.9. The van der Waals surface area contributed by atoms with Gasteiger partial charge in [0.25, 0.3) is 0 Å². The van der Waals surface area contributed by atoms with E-state index in [0.29, 0.717) is 0 Å². The average molecular weight is 767 g/mol. The molecule has 0 aromatic heterocycles. The van der Waals surface area contributed by atoms with Crippen LogP contribution < -0.4 is 9.80 Å². The average Bonchev–Trinajstić information content (AvgIpc) is 3.33. The highest BCUT2D eigenvalue weighted by atomic mass is 15.2. The van der Waals surface area contributed by atoms with Gasteiger partial charge in [0.15, 0.2) is 0 Å². The van der Waals surface area contributed by atoms with Crippen molar-refractivity contribution < 1.29 is 0 Å². The first kappa shape index (κ1) is 36.4. The Kier molecular flexibility index (Phi) is 10.0. The molecule has 2 heteroatoms. The van der Waals surface area contributed by atoms with E-state index in [4.69, 9.17) is 0 Å². The van der Waals surface area contributed by atoms with Crippen molar-refractivity contribution in [1.82, 2.24) is 0 Å². The van der Waals surface area contributed by atoms with Crippen LogP contribution in [0.5, 0.6) is 0 Å². The van der Waals surface area contributed by atoms with Crippen LogP contribution in [0.1, 0.15) is 0 Å². The summed E-state index contributed by atoms with van der Waals surface area (Å²) in [6.45, 7) is 0. The Morgan fingerprint density at radius 1 is 0.200 bits per heavy atom. The van der Waals surface area contributed by atoms with E-state index in [0.717, 1.165) is 44.9 Å². The quantitative estimate of drug-likeness (QED) is 0.137. The van der Waals surface area contributed by atoms with Crippen molar-refractivity contribution in [1.29, 1.82) is 0 Å². The first-order valence-corrected chi connectivity index (χ1v) is 20.5. The number of benzene rings is 10. The Balaban J connectivity index is 1.16. The summed E-state index contributed by atoms with van der Waals surface area (Å²) in [6, 6.07) is 91.5. The summed E-state index contributed by atoms with van der Waals surface area (Å²) in [5, 5.41) is 2.31. The molecule has 60 heavy (non-hydrogen) atoms. The predicted octanol–water partition coefficient (Wildman–Crippen LogP) is 16.4. The van der Waals surface area contributed by atoms with Crippen LogP contribution >= 0.6 is 0 Å². The highest BCUT2D eigenvalue weighted by Crippen LogP contribution is 2.47. The molecule has 0 amide bonds. The fourth-order valence-corrected chi connectivity index (χ4v) is 8.44. The van der Waals surface area contributed by atoms with E-state index < -0.39 is 0 Å². The molecule has 2 nitrogen and oxygen atoms in total. The van der Waals surface area contributed by atoms with Crippen molar-refractivity contribution >= 4 is 44.9 Å². The van der Waals surface area contributed by atoms with Crippen molar-refractivity contribution in [2.75, 3.05) is 9.80 Å². The highest BCUT2D eigenvalue weighted by molar-refractivity contribution is 5.99. The molecule has 0 heterocycles. The fraction of sp³-hybridized carbons (Fsp3) is 0. The van der Waals surface area contributed by atoms with Gasteiger partial charge in [-0.25, -0.2) is 0 Å². The number of fused-ring (bicyclic) bond motifs is 1. The van der Waals surface area contributed by atoms with Crippen molar-refractivity contribution in [2.24, 2.45) is 0 Å². The van der Waals surface area contributed by atoms with E-state index in [9.17, 15) is 0 Å². The molecule has 0 fully saturated rings. The first-order chi connectivity index (χ1) is 29.8. The molecule has 10 aromatic rings. The Morgan fingerprint density at radius 2 is 0.433 bits per heavy atom.